The van der Waals surface area contributed by atoms with Crippen LogP contribution in [0.2, 0.25) is 0 Å². The Morgan fingerprint density at radius 1 is 0.453 bits per heavy atom. The number of hydrogen-bond donors (Lipinski definition) is 5. The number of phenols is 5. The summed E-state index contributed by atoms with van der Waals surface area (Å²) in [5.74, 6) is -5.07. The number of fused-ring (bicyclic) bond motifs is 7. The van der Waals surface area contributed by atoms with Crippen molar-refractivity contribution in [2.75, 3.05) is 0 Å². The highest BCUT2D eigenvalue weighted by Gasteiger charge is 2.28. The van der Waals surface area contributed by atoms with Crippen LogP contribution in [0.1, 0.15) is 0 Å². The Kier molecular flexibility index (Phi) is 8.20. The fraction of sp³-hybridized carbons (Fsp3) is 0. The zero-order chi connectivity index (χ0) is 43.2. The number of para-hydroxylation sites is 2. The lowest BCUT2D eigenvalue weighted by Crippen LogP contribution is -2.01. The first-order chi connectivity index (χ1) is 31.3. The maximum atomic E-state index is 11.1. The predicted molar refractivity (Wildman–Crippen MR) is 250 cm³/mol. The Morgan fingerprint density at radius 2 is 1.09 bits per heavy atom. The van der Waals surface area contributed by atoms with Crippen molar-refractivity contribution in [2.45, 2.75) is 0 Å². The van der Waals surface area contributed by atoms with Crippen LogP contribution < -0.4 is 0 Å². The number of aromatic nitrogens is 5. The number of hydrogen-bond acceptors (Lipinski definition) is 11. The molecule has 0 fully saturated rings. The third kappa shape index (κ3) is 5.66. The molecule has 0 bridgehead atoms. The standard InChI is InChI=1S/C52H31N5O6S/c58-43-42(44(59)46(61)47(62)45(43)60)51-55-49(30-22-24-40-35(26-30)53-52(64-40)28-13-5-2-6-14-28)54-50(56-51)33-17-10-20-39-41(33)32-16-9-19-38(48(32)63-39)57-36-18-8-7-15-31(36)34-25-29(21-23-37(34)57)27-11-3-1-4-12-27/h1-26,58-62H. The molecule has 0 aliphatic heterocycles. The van der Waals surface area contributed by atoms with Crippen LogP contribution in [-0.2, 0) is 0 Å². The van der Waals surface area contributed by atoms with Crippen molar-refractivity contribution in [2.24, 2.45) is 0 Å². The normalized spacial score (nSPS) is 11.8. The summed E-state index contributed by atoms with van der Waals surface area (Å²) in [7, 11) is 0. The highest BCUT2D eigenvalue weighted by molar-refractivity contribution is 7.21. The quantitative estimate of drug-likeness (QED) is 0.0801. The van der Waals surface area contributed by atoms with Gasteiger partial charge in [0.05, 0.1) is 26.9 Å². The van der Waals surface area contributed by atoms with Crippen LogP contribution in [0.4, 0.5) is 0 Å². The topological polar surface area (TPSA) is 171 Å². The Morgan fingerprint density at radius 3 is 1.89 bits per heavy atom. The van der Waals surface area contributed by atoms with Gasteiger partial charge in [-0.1, -0.05) is 109 Å². The van der Waals surface area contributed by atoms with Gasteiger partial charge in [0.25, 0.3) is 0 Å². The molecule has 0 saturated carbocycles. The van der Waals surface area contributed by atoms with Crippen molar-refractivity contribution in [1.29, 1.82) is 0 Å². The van der Waals surface area contributed by atoms with Crippen LogP contribution in [0.25, 0.3) is 116 Å². The van der Waals surface area contributed by atoms with E-state index in [1.165, 1.54) is 0 Å². The molecule has 12 rings (SSSR count). The van der Waals surface area contributed by atoms with E-state index in [0.717, 1.165) is 59.3 Å². The molecule has 64 heavy (non-hydrogen) atoms. The average molecular weight is 854 g/mol. The van der Waals surface area contributed by atoms with E-state index in [2.05, 4.69) is 52.0 Å². The van der Waals surface area contributed by atoms with Gasteiger partial charge in [-0.25, -0.2) is 19.9 Å². The number of furan rings is 1. The summed E-state index contributed by atoms with van der Waals surface area (Å²) in [5, 5.41) is 58.3. The Balaban J connectivity index is 1.07. The Bertz CT molecular complexity index is 3830. The van der Waals surface area contributed by atoms with Crippen molar-refractivity contribution in [3.05, 3.63) is 158 Å². The first kappa shape index (κ1) is 37.1. The first-order valence-electron chi connectivity index (χ1n) is 20.3. The molecule has 0 atom stereocenters. The van der Waals surface area contributed by atoms with Gasteiger partial charge < -0.3 is 34.5 Å². The van der Waals surface area contributed by atoms with Crippen LogP contribution in [0.5, 0.6) is 28.7 Å². The van der Waals surface area contributed by atoms with Gasteiger partial charge in [0, 0.05) is 38.2 Å². The minimum atomic E-state index is -1.10. The molecule has 12 aromatic rings. The van der Waals surface area contributed by atoms with Gasteiger partial charge in [0.1, 0.15) is 16.2 Å². The van der Waals surface area contributed by atoms with E-state index >= 15 is 0 Å². The molecule has 0 amide bonds. The van der Waals surface area contributed by atoms with Gasteiger partial charge in [-0.05, 0) is 59.7 Å². The second-order valence-electron chi connectivity index (χ2n) is 15.4. The molecule has 12 heteroatoms. The van der Waals surface area contributed by atoms with Crippen LogP contribution in [0, 0.1) is 0 Å². The van der Waals surface area contributed by atoms with Crippen LogP contribution in [0.3, 0.4) is 0 Å². The van der Waals surface area contributed by atoms with Gasteiger partial charge >= 0.3 is 0 Å². The van der Waals surface area contributed by atoms with E-state index in [1.807, 2.05) is 115 Å². The number of thiazole rings is 1. The lowest BCUT2D eigenvalue weighted by Gasteiger charge is -2.13. The highest BCUT2D eigenvalue weighted by Crippen LogP contribution is 2.54. The van der Waals surface area contributed by atoms with Crippen molar-refractivity contribution in [1.82, 2.24) is 24.5 Å². The van der Waals surface area contributed by atoms with Crippen molar-refractivity contribution in [3.8, 4) is 90.3 Å². The van der Waals surface area contributed by atoms with E-state index in [9.17, 15) is 25.5 Å². The van der Waals surface area contributed by atoms with Gasteiger partial charge in [-0.2, -0.15) is 0 Å². The van der Waals surface area contributed by atoms with Crippen LogP contribution in [0.15, 0.2) is 162 Å². The lowest BCUT2D eigenvalue weighted by atomic mass is 10.0. The Hall–Kier alpha value is -8.74. The predicted octanol–water partition coefficient (Wildman–Crippen LogP) is 12.3. The third-order valence-corrected chi connectivity index (χ3v) is 12.7. The maximum Gasteiger partial charge on any atom is 0.208 e. The molecule has 0 saturated heterocycles. The number of phenolic OH excluding ortho intramolecular Hbond substituents is 5. The highest BCUT2D eigenvalue weighted by atomic mass is 32.1. The van der Waals surface area contributed by atoms with Gasteiger partial charge in [-0.3, -0.25) is 0 Å². The number of nitrogens with zero attached hydrogens (tertiary/aromatic N) is 5. The average Bonchev–Trinajstić information content (AvgIpc) is 4.05. The van der Waals surface area contributed by atoms with Gasteiger partial charge in [-0.15, -0.1) is 11.3 Å². The monoisotopic (exact) mass is 853 g/mol. The summed E-state index contributed by atoms with van der Waals surface area (Å²) in [4.78, 5) is 19.3. The number of benzene rings is 8. The minimum absolute atomic E-state index is 0.137. The van der Waals surface area contributed by atoms with E-state index in [4.69, 9.17) is 19.4 Å². The summed E-state index contributed by atoms with van der Waals surface area (Å²) in [6.45, 7) is 0. The molecule has 0 aliphatic carbocycles. The molecule has 0 radical (unpaired) electrons. The van der Waals surface area contributed by atoms with Crippen molar-refractivity contribution < 1.29 is 29.9 Å². The summed E-state index contributed by atoms with van der Waals surface area (Å²) >= 11 is 1.55. The number of aromatic hydroxyl groups is 5. The van der Waals surface area contributed by atoms with E-state index in [0.29, 0.717) is 33.2 Å². The van der Waals surface area contributed by atoms with E-state index in [-0.39, 0.29) is 17.5 Å². The molecule has 5 N–H and O–H groups in total. The zero-order valence-electron chi connectivity index (χ0n) is 33.3. The lowest BCUT2D eigenvalue weighted by molar-refractivity contribution is 0.329. The summed E-state index contributed by atoms with van der Waals surface area (Å²) in [6, 6.07) is 52.2. The summed E-state index contributed by atoms with van der Waals surface area (Å²) in [5.41, 5.74) is 8.52. The molecule has 4 heterocycles. The largest absolute Gasteiger partial charge is 0.504 e. The molecule has 8 aromatic carbocycles. The summed E-state index contributed by atoms with van der Waals surface area (Å²) < 4.78 is 9.94. The fourth-order valence-electron chi connectivity index (χ4n) is 8.64. The minimum Gasteiger partial charge on any atom is -0.504 e. The Labute approximate surface area is 366 Å². The smallest absolute Gasteiger partial charge is 0.208 e. The zero-order valence-corrected chi connectivity index (χ0v) is 34.1. The van der Waals surface area contributed by atoms with Crippen LogP contribution in [-0.4, -0.2) is 50.0 Å². The van der Waals surface area contributed by atoms with E-state index < -0.39 is 34.3 Å². The fourth-order valence-corrected chi connectivity index (χ4v) is 9.59. The first-order valence-corrected chi connectivity index (χ1v) is 21.1. The third-order valence-electron chi connectivity index (χ3n) is 11.7. The van der Waals surface area contributed by atoms with Crippen LogP contribution >= 0.6 is 11.3 Å². The molecule has 0 unspecified atom stereocenters. The van der Waals surface area contributed by atoms with Gasteiger partial charge in [0.15, 0.2) is 34.6 Å². The van der Waals surface area contributed by atoms with Gasteiger partial charge in [0.2, 0.25) is 17.2 Å². The maximum absolute atomic E-state index is 11.1. The van der Waals surface area contributed by atoms with Crippen molar-refractivity contribution >= 4 is 65.3 Å². The molecule has 0 aliphatic rings. The van der Waals surface area contributed by atoms with Crippen molar-refractivity contribution in [3.63, 3.8) is 0 Å². The second-order valence-corrected chi connectivity index (χ2v) is 16.4. The summed E-state index contributed by atoms with van der Waals surface area (Å²) in [6.07, 6.45) is 0. The molecule has 306 valence electrons. The molecule has 11 nitrogen and oxygen atoms in total. The molecular formula is C52H31N5O6S. The van der Waals surface area contributed by atoms with E-state index in [1.54, 1.807) is 11.3 Å². The molecule has 0 spiro atoms. The molecular weight excluding hydrogens is 823 g/mol. The molecule has 4 aromatic heterocycles. The SMILES string of the molecule is Oc1c(O)c(O)c(-c2nc(-c3ccc4sc(-c5ccccc5)nc4c3)nc(-c3cccc4oc5c(-n6c7ccccc7c7cc(-c8ccccc8)ccc76)cccc5c34)n2)c(O)c1O. The number of rotatable bonds is 6. The second kappa shape index (κ2) is 14.2.